The quantitative estimate of drug-likeness (QED) is 0.752. The van der Waals surface area contributed by atoms with E-state index < -0.39 is 0 Å². The van der Waals surface area contributed by atoms with Crippen LogP contribution in [0.15, 0.2) is 0 Å². The van der Waals surface area contributed by atoms with E-state index in [1.807, 2.05) is 0 Å². The van der Waals surface area contributed by atoms with Gasteiger partial charge in [-0.25, -0.2) is 4.98 Å². The normalized spacial score (nSPS) is 14.9. The summed E-state index contributed by atoms with van der Waals surface area (Å²) in [6, 6.07) is 0. The molecule has 0 spiro atoms. The highest BCUT2D eigenvalue weighted by molar-refractivity contribution is 5.28. The van der Waals surface area contributed by atoms with Gasteiger partial charge in [-0.1, -0.05) is 62.3 Å². The molecule has 0 fully saturated rings. The van der Waals surface area contributed by atoms with Gasteiger partial charge < -0.3 is 4.98 Å². The summed E-state index contributed by atoms with van der Waals surface area (Å²) >= 11 is 0. The molecule has 0 amide bonds. The van der Waals surface area contributed by atoms with Crippen LogP contribution in [0.5, 0.6) is 0 Å². The number of H-pyrrole nitrogens is 1. The molecule has 1 N–H and O–H groups in total. The Kier molecular flexibility index (Phi) is 5.10. The number of rotatable bonds is 5. The minimum atomic E-state index is 0.0755. The summed E-state index contributed by atoms with van der Waals surface area (Å²) in [5.74, 6) is 2.27. The molecule has 1 aromatic heterocycles. The number of hydrogen-bond acceptors (Lipinski definition) is 1. The van der Waals surface area contributed by atoms with E-state index in [9.17, 15) is 0 Å². The van der Waals surface area contributed by atoms with Crippen molar-refractivity contribution >= 4 is 0 Å². The summed E-state index contributed by atoms with van der Waals surface area (Å²) in [5.41, 5.74) is 2.91. The van der Waals surface area contributed by atoms with Crippen LogP contribution < -0.4 is 0 Å². The number of nitrogens with zero attached hydrogens (tertiary/aromatic N) is 1. The lowest BCUT2D eigenvalue weighted by molar-refractivity contribution is 0.412. The van der Waals surface area contributed by atoms with E-state index >= 15 is 0 Å². The molecule has 0 bridgehead atoms. The lowest BCUT2D eigenvalue weighted by Gasteiger charge is -2.28. The van der Waals surface area contributed by atoms with Crippen LogP contribution in [0.1, 0.15) is 98.3 Å². The van der Waals surface area contributed by atoms with Crippen LogP contribution in [-0.4, -0.2) is 9.97 Å². The SMILES string of the molecule is CCC(C)(CC)c1nc(C(C)(C)C)[nH]c1C(C)C(C)C. The van der Waals surface area contributed by atoms with Crippen molar-refractivity contribution in [3.63, 3.8) is 0 Å². The Labute approximate surface area is 125 Å². The van der Waals surface area contributed by atoms with Crippen molar-refractivity contribution in [3.05, 3.63) is 17.2 Å². The zero-order valence-corrected chi connectivity index (χ0v) is 15.0. The van der Waals surface area contributed by atoms with Gasteiger partial charge in [-0.15, -0.1) is 0 Å². The third-order valence-electron chi connectivity index (χ3n) is 5.03. The van der Waals surface area contributed by atoms with Gasteiger partial charge >= 0.3 is 0 Å². The van der Waals surface area contributed by atoms with Gasteiger partial charge in [-0.3, -0.25) is 0 Å². The second-order valence-electron chi connectivity index (χ2n) is 7.90. The smallest absolute Gasteiger partial charge is 0.112 e. The monoisotopic (exact) mass is 278 g/mol. The van der Waals surface area contributed by atoms with Crippen LogP contribution in [-0.2, 0) is 10.8 Å². The third-order valence-corrected chi connectivity index (χ3v) is 5.03. The number of hydrogen-bond donors (Lipinski definition) is 1. The summed E-state index contributed by atoms with van der Waals surface area (Å²) < 4.78 is 0. The van der Waals surface area contributed by atoms with E-state index in [0.29, 0.717) is 11.8 Å². The Morgan fingerprint density at radius 1 is 1.00 bits per heavy atom. The third kappa shape index (κ3) is 3.27. The topological polar surface area (TPSA) is 28.7 Å². The zero-order valence-electron chi connectivity index (χ0n) is 15.0. The number of aromatic nitrogens is 2. The Bertz CT molecular complexity index is 431. The Balaban J connectivity index is 3.44. The minimum absolute atomic E-state index is 0.0755. The van der Waals surface area contributed by atoms with Crippen molar-refractivity contribution in [2.45, 2.75) is 91.9 Å². The van der Waals surface area contributed by atoms with Gasteiger partial charge in [0.05, 0.1) is 5.69 Å². The van der Waals surface area contributed by atoms with Gasteiger partial charge in [-0.2, -0.15) is 0 Å². The van der Waals surface area contributed by atoms with Crippen molar-refractivity contribution in [3.8, 4) is 0 Å². The van der Waals surface area contributed by atoms with Gasteiger partial charge in [0.25, 0.3) is 0 Å². The van der Waals surface area contributed by atoms with Gasteiger partial charge in [0.2, 0.25) is 0 Å². The zero-order chi connectivity index (χ0) is 15.7. The first-order valence-corrected chi connectivity index (χ1v) is 8.17. The lowest BCUT2D eigenvalue weighted by Crippen LogP contribution is -2.23. The molecule has 0 aliphatic carbocycles. The summed E-state index contributed by atoms with van der Waals surface area (Å²) in [5, 5.41) is 0. The molecule has 0 saturated heterocycles. The van der Waals surface area contributed by atoms with Crippen LogP contribution in [0.4, 0.5) is 0 Å². The molecule has 116 valence electrons. The lowest BCUT2D eigenvalue weighted by atomic mass is 9.77. The van der Waals surface area contributed by atoms with E-state index in [2.05, 4.69) is 67.3 Å². The molecule has 0 aromatic carbocycles. The Morgan fingerprint density at radius 2 is 1.50 bits per heavy atom. The van der Waals surface area contributed by atoms with Crippen molar-refractivity contribution in [2.24, 2.45) is 5.92 Å². The maximum atomic E-state index is 5.04. The predicted octanol–water partition coefficient (Wildman–Crippen LogP) is 5.54. The van der Waals surface area contributed by atoms with Gasteiger partial charge in [0.15, 0.2) is 0 Å². The van der Waals surface area contributed by atoms with Gasteiger partial charge in [0, 0.05) is 22.4 Å². The van der Waals surface area contributed by atoms with Crippen molar-refractivity contribution in [1.82, 2.24) is 9.97 Å². The van der Waals surface area contributed by atoms with E-state index in [4.69, 9.17) is 4.98 Å². The maximum absolute atomic E-state index is 5.04. The van der Waals surface area contributed by atoms with Crippen LogP contribution in [0.3, 0.4) is 0 Å². The fourth-order valence-corrected chi connectivity index (χ4v) is 2.45. The van der Waals surface area contributed by atoms with Gasteiger partial charge in [0.1, 0.15) is 5.82 Å². The molecule has 2 heteroatoms. The molecule has 0 radical (unpaired) electrons. The van der Waals surface area contributed by atoms with Crippen molar-refractivity contribution in [1.29, 1.82) is 0 Å². The molecule has 2 nitrogen and oxygen atoms in total. The van der Waals surface area contributed by atoms with E-state index in [1.54, 1.807) is 0 Å². The van der Waals surface area contributed by atoms with Crippen LogP contribution in [0.25, 0.3) is 0 Å². The highest BCUT2D eigenvalue weighted by atomic mass is 15.0. The number of aromatic amines is 1. The highest BCUT2D eigenvalue weighted by Crippen LogP contribution is 2.38. The first kappa shape index (κ1) is 17.3. The maximum Gasteiger partial charge on any atom is 0.112 e. The van der Waals surface area contributed by atoms with E-state index in [1.165, 1.54) is 11.4 Å². The fraction of sp³-hybridized carbons (Fsp3) is 0.833. The van der Waals surface area contributed by atoms with Crippen LogP contribution >= 0.6 is 0 Å². The molecule has 1 unspecified atom stereocenters. The average molecular weight is 278 g/mol. The van der Waals surface area contributed by atoms with Crippen molar-refractivity contribution in [2.75, 3.05) is 0 Å². The number of nitrogens with one attached hydrogen (secondary N) is 1. The van der Waals surface area contributed by atoms with E-state index in [-0.39, 0.29) is 10.8 Å². The standard InChI is InChI=1S/C18H34N2/c1-10-18(9,11-2)15-14(13(5)12(3)4)19-16(20-15)17(6,7)8/h12-13H,10-11H2,1-9H3,(H,19,20). The average Bonchev–Trinajstić information content (AvgIpc) is 2.82. The van der Waals surface area contributed by atoms with Crippen LogP contribution in [0.2, 0.25) is 0 Å². The van der Waals surface area contributed by atoms with E-state index in [0.717, 1.165) is 18.7 Å². The molecule has 1 aromatic rings. The van der Waals surface area contributed by atoms with Crippen LogP contribution in [0, 0.1) is 5.92 Å². The highest BCUT2D eigenvalue weighted by Gasteiger charge is 2.33. The molecule has 20 heavy (non-hydrogen) atoms. The Hall–Kier alpha value is -0.790. The summed E-state index contributed by atoms with van der Waals surface area (Å²) in [7, 11) is 0. The molecule has 1 heterocycles. The molecule has 1 atom stereocenters. The summed E-state index contributed by atoms with van der Waals surface area (Å²) in [6.45, 7) is 20.5. The summed E-state index contributed by atoms with van der Waals surface area (Å²) in [4.78, 5) is 8.71. The minimum Gasteiger partial charge on any atom is -0.345 e. The second kappa shape index (κ2) is 5.91. The second-order valence-corrected chi connectivity index (χ2v) is 7.90. The summed E-state index contributed by atoms with van der Waals surface area (Å²) in [6.07, 6.45) is 2.27. The molecule has 0 aliphatic heterocycles. The molecule has 1 rings (SSSR count). The predicted molar refractivity (Wildman–Crippen MR) is 88.5 cm³/mol. The molecule has 0 aliphatic rings. The van der Waals surface area contributed by atoms with Crippen molar-refractivity contribution < 1.29 is 0 Å². The van der Waals surface area contributed by atoms with Gasteiger partial charge in [-0.05, 0) is 18.8 Å². The Morgan fingerprint density at radius 3 is 1.85 bits per heavy atom. The molecular weight excluding hydrogens is 244 g/mol. The fourth-order valence-electron chi connectivity index (χ4n) is 2.45. The largest absolute Gasteiger partial charge is 0.345 e. The first-order chi connectivity index (χ1) is 9.06. The molecular formula is C18H34N2. The number of imidazole rings is 1. The first-order valence-electron chi connectivity index (χ1n) is 8.17. The molecule has 0 saturated carbocycles.